The summed E-state index contributed by atoms with van der Waals surface area (Å²) >= 11 is 11.9. The van der Waals surface area contributed by atoms with Gasteiger partial charge in [0.2, 0.25) is 0 Å². The minimum absolute atomic E-state index is 0.378. The average molecular weight is 245 g/mol. The summed E-state index contributed by atoms with van der Waals surface area (Å²) in [7, 11) is 0. The van der Waals surface area contributed by atoms with Crippen molar-refractivity contribution in [2.24, 2.45) is 4.99 Å². The maximum Gasteiger partial charge on any atom is 0.157 e. The highest BCUT2D eigenvalue weighted by atomic mass is 35.5. The quantitative estimate of drug-likeness (QED) is 0.886. The van der Waals surface area contributed by atoms with E-state index in [0.29, 0.717) is 22.4 Å². The average Bonchev–Trinajstić information content (AvgIpc) is 2.70. The minimum Gasteiger partial charge on any atom is -0.483 e. The van der Waals surface area contributed by atoms with Crippen molar-refractivity contribution >= 4 is 29.0 Å². The summed E-state index contributed by atoms with van der Waals surface area (Å²) in [6.07, 6.45) is 0. The Hall–Kier alpha value is -0.930. The van der Waals surface area contributed by atoms with E-state index in [1.54, 1.807) is 18.2 Å². The van der Waals surface area contributed by atoms with E-state index >= 15 is 0 Å². The highest BCUT2D eigenvalue weighted by Gasteiger charge is 2.10. The molecule has 0 radical (unpaired) electrons. The maximum atomic E-state index is 5.95. The number of hydrogen-bond acceptors (Lipinski definition) is 3. The molecule has 0 aliphatic carbocycles. The molecule has 0 spiro atoms. The molecule has 5 heteroatoms. The minimum atomic E-state index is 0.378. The first-order valence-corrected chi connectivity index (χ1v) is 5.37. The fourth-order valence-electron chi connectivity index (χ4n) is 1.30. The van der Waals surface area contributed by atoms with Crippen LogP contribution in [0.5, 0.6) is 5.75 Å². The summed E-state index contributed by atoms with van der Waals surface area (Å²) in [6, 6.07) is 5.27. The van der Waals surface area contributed by atoms with E-state index < -0.39 is 0 Å². The van der Waals surface area contributed by atoms with Crippen LogP contribution in [0.25, 0.3) is 0 Å². The Balaban J connectivity index is 2.04. The first kappa shape index (κ1) is 10.6. The predicted molar refractivity (Wildman–Crippen MR) is 62.3 cm³/mol. The van der Waals surface area contributed by atoms with Crippen molar-refractivity contribution in [2.45, 2.75) is 0 Å². The van der Waals surface area contributed by atoms with E-state index in [-0.39, 0.29) is 0 Å². The van der Waals surface area contributed by atoms with Crippen LogP contribution in [0.4, 0.5) is 0 Å². The van der Waals surface area contributed by atoms with Crippen molar-refractivity contribution in [3.8, 4) is 5.75 Å². The highest BCUT2D eigenvalue weighted by Crippen LogP contribution is 2.32. The monoisotopic (exact) mass is 244 g/mol. The first-order valence-electron chi connectivity index (χ1n) is 4.61. The van der Waals surface area contributed by atoms with Gasteiger partial charge in [0.1, 0.15) is 12.4 Å². The van der Waals surface area contributed by atoms with Gasteiger partial charge in [0, 0.05) is 6.54 Å². The number of nitrogens with one attached hydrogen (secondary N) is 1. The molecule has 0 atom stereocenters. The number of aliphatic imine (C=N–C) groups is 1. The third kappa shape index (κ3) is 2.55. The molecule has 1 heterocycles. The molecule has 1 aromatic rings. The SMILES string of the molecule is Clc1cccc(Cl)c1OCC1=NCCN1. The van der Waals surface area contributed by atoms with Crippen molar-refractivity contribution < 1.29 is 4.74 Å². The topological polar surface area (TPSA) is 33.6 Å². The highest BCUT2D eigenvalue weighted by molar-refractivity contribution is 6.37. The summed E-state index contributed by atoms with van der Waals surface area (Å²) < 4.78 is 5.49. The van der Waals surface area contributed by atoms with Crippen LogP contribution in [0.3, 0.4) is 0 Å². The Morgan fingerprint density at radius 3 is 2.67 bits per heavy atom. The number of hydrogen-bond donors (Lipinski definition) is 1. The molecule has 0 aromatic heterocycles. The number of halogens is 2. The summed E-state index contributed by atoms with van der Waals surface area (Å²) in [5.41, 5.74) is 0. The molecule has 3 nitrogen and oxygen atoms in total. The molecule has 1 aliphatic rings. The fraction of sp³-hybridized carbons (Fsp3) is 0.300. The first-order chi connectivity index (χ1) is 7.27. The van der Waals surface area contributed by atoms with Gasteiger partial charge < -0.3 is 10.1 Å². The Morgan fingerprint density at radius 2 is 2.07 bits per heavy atom. The molecule has 0 bridgehead atoms. The normalized spacial score (nSPS) is 14.7. The van der Waals surface area contributed by atoms with Crippen molar-refractivity contribution in [3.63, 3.8) is 0 Å². The number of nitrogens with zero attached hydrogens (tertiary/aromatic N) is 1. The lowest BCUT2D eigenvalue weighted by Crippen LogP contribution is -2.25. The van der Waals surface area contributed by atoms with Crippen molar-refractivity contribution in [2.75, 3.05) is 19.7 Å². The van der Waals surface area contributed by atoms with Crippen LogP contribution < -0.4 is 10.1 Å². The van der Waals surface area contributed by atoms with Crippen LogP contribution >= 0.6 is 23.2 Å². The molecule has 0 unspecified atom stereocenters. The Labute approximate surface area is 98.1 Å². The summed E-state index contributed by atoms with van der Waals surface area (Å²) in [6.45, 7) is 2.05. The lowest BCUT2D eigenvalue weighted by atomic mass is 10.3. The van der Waals surface area contributed by atoms with Gasteiger partial charge in [0.15, 0.2) is 5.75 Å². The summed E-state index contributed by atoms with van der Waals surface area (Å²) in [5, 5.41) is 4.13. The van der Waals surface area contributed by atoms with Gasteiger partial charge in [-0.1, -0.05) is 29.3 Å². The van der Waals surface area contributed by atoms with Gasteiger partial charge in [-0.05, 0) is 12.1 Å². The zero-order valence-electron chi connectivity index (χ0n) is 7.96. The van der Waals surface area contributed by atoms with E-state index in [1.807, 2.05) is 0 Å². The number of ether oxygens (including phenoxy) is 1. The molecule has 0 saturated carbocycles. The van der Waals surface area contributed by atoms with Crippen molar-refractivity contribution in [3.05, 3.63) is 28.2 Å². The second-order valence-corrected chi connectivity index (χ2v) is 3.91. The molecule has 15 heavy (non-hydrogen) atoms. The van der Waals surface area contributed by atoms with Gasteiger partial charge in [-0.3, -0.25) is 4.99 Å². The van der Waals surface area contributed by atoms with Crippen LogP contribution in [0.2, 0.25) is 10.0 Å². The van der Waals surface area contributed by atoms with Crippen molar-refractivity contribution in [1.29, 1.82) is 0 Å². The third-order valence-electron chi connectivity index (χ3n) is 2.02. The van der Waals surface area contributed by atoms with Gasteiger partial charge in [0.25, 0.3) is 0 Å². The van der Waals surface area contributed by atoms with Crippen LogP contribution in [0.15, 0.2) is 23.2 Å². The number of para-hydroxylation sites is 1. The maximum absolute atomic E-state index is 5.95. The second kappa shape index (κ2) is 4.73. The fourth-order valence-corrected chi connectivity index (χ4v) is 1.81. The molecule has 0 fully saturated rings. The van der Waals surface area contributed by atoms with E-state index in [2.05, 4.69) is 10.3 Å². The molecule has 1 aromatic carbocycles. The van der Waals surface area contributed by atoms with E-state index in [1.165, 1.54) is 0 Å². The molecular formula is C10H10Cl2N2O. The van der Waals surface area contributed by atoms with Gasteiger partial charge >= 0.3 is 0 Å². The molecule has 0 amide bonds. The van der Waals surface area contributed by atoms with Gasteiger partial charge in [-0.25, -0.2) is 0 Å². The number of benzene rings is 1. The third-order valence-corrected chi connectivity index (χ3v) is 2.61. The van der Waals surface area contributed by atoms with Gasteiger partial charge in [-0.2, -0.15) is 0 Å². The van der Waals surface area contributed by atoms with Crippen LogP contribution in [-0.2, 0) is 0 Å². The molecule has 0 saturated heterocycles. The molecular weight excluding hydrogens is 235 g/mol. The summed E-state index contributed by atoms with van der Waals surface area (Å²) in [5.74, 6) is 1.35. The lowest BCUT2D eigenvalue weighted by Gasteiger charge is -2.09. The zero-order valence-corrected chi connectivity index (χ0v) is 9.48. The van der Waals surface area contributed by atoms with Crippen LogP contribution in [-0.4, -0.2) is 25.5 Å². The van der Waals surface area contributed by atoms with Gasteiger partial charge in [-0.15, -0.1) is 0 Å². The van der Waals surface area contributed by atoms with Crippen LogP contribution in [0.1, 0.15) is 0 Å². The van der Waals surface area contributed by atoms with Crippen molar-refractivity contribution in [1.82, 2.24) is 5.32 Å². The van der Waals surface area contributed by atoms with Crippen LogP contribution in [0, 0.1) is 0 Å². The smallest absolute Gasteiger partial charge is 0.157 e. The molecule has 2 rings (SSSR count). The standard InChI is InChI=1S/C10H10Cl2N2O/c11-7-2-1-3-8(12)10(7)15-6-9-13-4-5-14-9/h1-3H,4-6H2,(H,13,14). The van der Waals surface area contributed by atoms with E-state index in [4.69, 9.17) is 27.9 Å². The number of amidine groups is 1. The summed E-state index contributed by atoms with van der Waals surface area (Å²) in [4.78, 5) is 4.20. The predicted octanol–water partition coefficient (Wildman–Crippen LogP) is 2.37. The zero-order chi connectivity index (χ0) is 10.7. The second-order valence-electron chi connectivity index (χ2n) is 3.09. The number of rotatable bonds is 3. The molecule has 1 N–H and O–H groups in total. The van der Waals surface area contributed by atoms with E-state index in [9.17, 15) is 0 Å². The lowest BCUT2D eigenvalue weighted by molar-refractivity contribution is 0.374. The Morgan fingerprint density at radius 1 is 1.33 bits per heavy atom. The van der Waals surface area contributed by atoms with Gasteiger partial charge in [0.05, 0.1) is 16.6 Å². The Kier molecular flexibility index (Phi) is 3.34. The molecule has 1 aliphatic heterocycles. The molecule has 80 valence electrons. The largest absolute Gasteiger partial charge is 0.483 e. The van der Waals surface area contributed by atoms with E-state index in [0.717, 1.165) is 18.9 Å². The Bertz CT molecular complexity index is 373.